The Morgan fingerprint density at radius 1 is 0.853 bits per heavy atom. The number of benzene rings is 3. The quantitative estimate of drug-likeness (QED) is 0.503. The Bertz CT molecular complexity index is 1160. The minimum Gasteiger partial charge on any atom is -0.491 e. The number of aryl methyl sites for hydroxylation is 1. The minimum absolute atomic E-state index is 0.136. The van der Waals surface area contributed by atoms with Gasteiger partial charge in [0.25, 0.3) is 0 Å². The Balaban J connectivity index is 1.23. The normalized spacial score (nSPS) is 16.2. The van der Waals surface area contributed by atoms with Crippen LogP contribution in [-0.2, 0) is 10.0 Å². The smallest absolute Gasteiger partial charge is 0.243 e. The summed E-state index contributed by atoms with van der Waals surface area (Å²) < 4.78 is 38.8. The van der Waals surface area contributed by atoms with Gasteiger partial charge in [-0.15, -0.1) is 0 Å². The minimum atomic E-state index is -3.50. The summed E-state index contributed by atoms with van der Waals surface area (Å²) in [7, 11) is -3.50. The molecule has 0 aromatic heterocycles. The lowest BCUT2D eigenvalue weighted by atomic mass is 10.2. The summed E-state index contributed by atoms with van der Waals surface area (Å²) in [4.78, 5) is 2.38. The van der Waals surface area contributed by atoms with Crippen LogP contribution in [0.25, 0.3) is 0 Å². The lowest BCUT2D eigenvalue weighted by Gasteiger charge is -2.34. The van der Waals surface area contributed by atoms with Crippen LogP contribution in [0.15, 0.2) is 83.8 Å². The van der Waals surface area contributed by atoms with E-state index in [1.807, 2.05) is 67.6 Å². The van der Waals surface area contributed by atoms with Crippen molar-refractivity contribution in [2.75, 3.05) is 39.3 Å². The van der Waals surface area contributed by atoms with Gasteiger partial charge < -0.3 is 14.6 Å². The van der Waals surface area contributed by atoms with E-state index in [9.17, 15) is 13.5 Å². The van der Waals surface area contributed by atoms with Crippen LogP contribution in [0, 0.1) is 6.92 Å². The predicted octanol–water partition coefficient (Wildman–Crippen LogP) is 3.53. The molecule has 0 amide bonds. The van der Waals surface area contributed by atoms with Crippen LogP contribution in [0.3, 0.4) is 0 Å². The summed E-state index contributed by atoms with van der Waals surface area (Å²) in [6.45, 7) is 4.38. The van der Waals surface area contributed by atoms with Gasteiger partial charge in [-0.25, -0.2) is 8.42 Å². The zero-order valence-electron chi connectivity index (χ0n) is 19.2. The van der Waals surface area contributed by atoms with Crippen LogP contribution in [0.2, 0.25) is 0 Å². The van der Waals surface area contributed by atoms with Crippen molar-refractivity contribution < 1.29 is 23.0 Å². The Morgan fingerprint density at radius 3 is 2.21 bits per heavy atom. The first-order valence-corrected chi connectivity index (χ1v) is 12.8. The molecule has 1 N–H and O–H groups in total. The lowest BCUT2D eigenvalue weighted by Crippen LogP contribution is -2.50. The number of hydrogen-bond acceptors (Lipinski definition) is 6. The molecule has 180 valence electrons. The van der Waals surface area contributed by atoms with E-state index in [0.717, 1.165) is 11.3 Å². The lowest BCUT2D eigenvalue weighted by molar-refractivity contribution is 0.0568. The van der Waals surface area contributed by atoms with E-state index < -0.39 is 16.1 Å². The third-order valence-corrected chi connectivity index (χ3v) is 7.60. The van der Waals surface area contributed by atoms with Crippen molar-refractivity contribution in [2.24, 2.45) is 0 Å². The van der Waals surface area contributed by atoms with Crippen molar-refractivity contribution >= 4 is 10.0 Å². The average Bonchev–Trinajstić information content (AvgIpc) is 2.84. The van der Waals surface area contributed by atoms with Crippen molar-refractivity contribution in [1.82, 2.24) is 9.21 Å². The number of aliphatic hydroxyl groups is 1. The maximum absolute atomic E-state index is 12.9. The van der Waals surface area contributed by atoms with E-state index in [1.54, 1.807) is 18.2 Å². The van der Waals surface area contributed by atoms with E-state index >= 15 is 0 Å². The molecule has 3 aromatic carbocycles. The summed E-state index contributed by atoms with van der Waals surface area (Å²) in [5.41, 5.74) is 1.02. The van der Waals surface area contributed by atoms with Crippen molar-refractivity contribution in [3.63, 3.8) is 0 Å². The molecule has 8 heteroatoms. The Labute approximate surface area is 201 Å². The van der Waals surface area contributed by atoms with Crippen LogP contribution >= 0.6 is 0 Å². The molecule has 1 atom stereocenters. The second-order valence-electron chi connectivity index (χ2n) is 8.37. The van der Waals surface area contributed by atoms with Gasteiger partial charge in [0.2, 0.25) is 10.0 Å². The van der Waals surface area contributed by atoms with Crippen LogP contribution < -0.4 is 9.47 Å². The Hall–Kier alpha value is -2.91. The Morgan fingerprint density at radius 2 is 1.50 bits per heavy atom. The molecule has 1 saturated heterocycles. The van der Waals surface area contributed by atoms with Crippen LogP contribution in [0.1, 0.15) is 5.56 Å². The van der Waals surface area contributed by atoms with E-state index in [1.165, 1.54) is 4.31 Å². The van der Waals surface area contributed by atoms with Crippen LogP contribution in [-0.4, -0.2) is 68.2 Å². The number of hydrogen-bond donors (Lipinski definition) is 1. The van der Waals surface area contributed by atoms with Gasteiger partial charge in [0.05, 0.1) is 4.90 Å². The molecule has 0 saturated carbocycles. The highest BCUT2D eigenvalue weighted by molar-refractivity contribution is 7.89. The summed E-state index contributed by atoms with van der Waals surface area (Å²) in [5.74, 6) is 2.01. The van der Waals surface area contributed by atoms with Gasteiger partial charge in [0, 0.05) is 38.8 Å². The van der Waals surface area contributed by atoms with Gasteiger partial charge in [-0.2, -0.15) is 4.31 Å². The molecule has 0 bridgehead atoms. The SMILES string of the molecule is Cc1ccc(S(=O)(=O)N2CCN(C[C@@H](O)COc3cccc(Oc4ccccc4)c3)CC2)cc1. The van der Waals surface area contributed by atoms with E-state index in [4.69, 9.17) is 9.47 Å². The molecule has 0 spiro atoms. The second-order valence-corrected chi connectivity index (χ2v) is 10.3. The fourth-order valence-electron chi connectivity index (χ4n) is 3.81. The number of sulfonamides is 1. The average molecular weight is 483 g/mol. The summed E-state index contributed by atoms with van der Waals surface area (Å²) in [6, 6.07) is 23.7. The summed E-state index contributed by atoms with van der Waals surface area (Å²) >= 11 is 0. The molecule has 0 radical (unpaired) electrons. The number of nitrogens with zero attached hydrogens (tertiary/aromatic N) is 2. The fourth-order valence-corrected chi connectivity index (χ4v) is 5.23. The largest absolute Gasteiger partial charge is 0.491 e. The highest BCUT2D eigenvalue weighted by Gasteiger charge is 2.29. The molecule has 1 aliphatic heterocycles. The number of para-hydroxylation sites is 1. The number of ether oxygens (including phenoxy) is 2. The predicted molar refractivity (Wildman–Crippen MR) is 131 cm³/mol. The molecule has 1 heterocycles. The fraction of sp³-hybridized carbons (Fsp3) is 0.308. The van der Waals surface area contributed by atoms with E-state index in [0.29, 0.717) is 49.1 Å². The van der Waals surface area contributed by atoms with Crippen molar-refractivity contribution in [1.29, 1.82) is 0 Å². The van der Waals surface area contributed by atoms with Crippen molar-refractivity contribution in [3.8, 4) is 17.2 Å². The summed E-state index contributed by atoms with van der Waals surface area (Å²) in [5, 5.41) is 10.5. The molecule has 1 aliphatic rings. The van der Waals surface area contributed by atoms with Crippen LogP contribution in [0.4, 0.5) is 0 Å². The topological polar surface area (TPSA) is 79.3 Å². The zero-order chi connectivity index (χ0) is 24.0. The molecule has 4 rings (SSSR count). The third kappa shape index (κ3) is 6.36. The number of β-amino-alcohol motifs (C(OH)–C–C–N with tert-alkyl or cyclic N) is 1. The molecule has 1 fully saturated rings. The zero-order valence-corrected chi connectivity index (χ0v) is 20.0. The van der Waals surface area contributed by atoms with Gasteiger partial charge >= 0.3 is 0 Å². The maximum atomic E-state index is 12.9. The summed E-state index contributed by atoms with van der Waals surface area (Å²) in [6.07, 6.45) is -0.695. The standard InChI is InChI=1S/C26H30N2O5S/c1-21-10-12-26(13-11-21)34(30,31)28-16-14-27(15-17-28)19-22(29)20-32-24-8-5-9-25(18-24)33-23-6-3-2-4-7-23/h2-13,18,22,29H,14-17,19-20H2,1H3/t22-/m1/s1. The molecule has 7 nitrogen and oxygen atoms in total. The number of piperazine rings is 1. The van der Waals surface area contributed by atoms with E-state index in [-0.39, 0.29) is 6.61 Å². The highest BCUT2D eigenvalue weighted by atomic mass is 32.2. The maximum Gasteiger partial charge on any atom is 0.243 e. The van der Waals surface area contributed by atoms with Gasteiger partial charge in [-0.3, -0.25) is 4.90 Å². The number of rotatable bonds is 9. The van der Waals surface area contributed by atoms with Gasteiger partial charge in [0.1, 0.15) is 30.0 Å². The molecule has 0 aliphatic carbocycles. The molecular formula is C26H30N2O5S. The third-order valence-electron chi connectivity index (χ3n) is 5.69. The molecule has 3 aromatic rings. The molecular weight excluding hydrogens is 452 g/mol. The molecule has 34 heavy (non-hydrogen) atoms. The first-order valence-electron chi connectivity index (χ1n) is 11.3. The Kier molecular flexibility index (Phi) is 7.84. The second kappa shape index (κ2) is 11.0. The monoisotopic (exact) mass is 482 g/mol. The van der Waals surface area contributed by atoms with Gasteiger partial charge in [-0.1, -0.05) is 42.0 Å². The van der Waals surface area contributed by atoms with Crippen molar-refractivity contribution in [2.45, 2.75) is 17.9 Å². The van der Waals surface area contributed by atoms with Gasteiger partial charge in [-0.05, 0) is 43.3 Å². The first-order chi connectivity index (χ1) is 16.4. The highest BCUT2D eigenvalue weighted by Crippen LogP contribution is 2.25. The molecule has 0 unspecified atom stereocenters. The van der Waals surface area contributed by atoms with Crippen LogP contribution in [0.5, 0.6) is 17.2 Å². The first kappa shape index (κ1) is 24.2. The van der Waals surface area contributed by atoms with E-state index in [2.05, 4.69) is 4.90 Å². The van der Waals surface area contributed by atoms with Gasteiger partial charge in [0.15, 0.2) is 0 Å². The number of aliphatic hydroxyl groups excluding tert-OH is 1. The van der Waals surface area contributed by atoms with Crippen molar-refractivity contribution in [3.05, 3.63) is 84.4 Å².